The number of carbonyl (C=O) groups excluding carboxylic acids is 1. The lowest BCUT2D eigenvalue weighted by molar-refractivity contribution is 0.102. The van der Waals surface area contributed by atoms with Crippen LogP contribution < -0.4 is 10.2 Å². The number of nitrogens with zero attached hydrogens (tertiary/aromatic N) is 2. The van der Waals surface area contributed by atoms with Gasteiger partial charge < -0.3 is 15.1 Å². The zero-order valence-electron chi connectivity index (χ0n) is 14.1. The Hall–Kier alpha value is -2.40. The molecule has 2 aromatic rings. The monoisotopic (exact) mass is 327 g/mol. The number of carbonyl (C=O) groups is 1. The van der Waals surface area contributed by atoms with Crippen LogP contribution in [0, 0.1) is 12.7 Å². The third-order valence-corrected chi connectivity index (χ3v) is 4.33. The van der Waals surface area contributed by atoms with E-state index in [0.717, 1.165) is 31.7 Å². The predicted octanol–water partition coefficient (Wildman–Crippen LogP) is 3.14. The van der Waals surface area contributed by atoms with Crippen molar-refractivity contribution in [2.75, 3.05) is 43.4 Å². The van der Waals surface area contributed by atoms with Crippen LogP contribution in [-0.2, 0) is 0 Å². The lowest BCUT2D eigenvalue weighted by Crippen LogP contribution is -2.44. The van der Waals surface area contributed by atoms with Gasteiger partial charge in [-0.2, -0.15) is 0 Å². The molecule has 1 fully saturated rings. The molecule has 0 atom stereocenters. The summed E-state index contributed by atoms with van der Waals surface area (Å²) in [6, 6.07) is 12.2. The highest BCUT2D eigenvalue weighted by atomic mass is 19.1. The van der Waals surface area contributed by atoms with Gasteiger partial charge in [-0.3, -0.25) is 4.79 Å². The highest BCUT2D eigenvalue weighted by Crippen LogP contribution is 2.24. The van der Waals surface area contributed by atoms with E-state index in [-0.39, 0.29) is 11.7 Å². The molecule has 1 heterocycles. The van der Waals surface area contributed by atoms with E-state index in [1.165, 1.54) is 6.07 Å². The van der Waals surface area contributed by atoms with Crippen molar-refractivity contribution in [3.8, 4) is 0 Å². The number of likely N-dealkylation sites (N-methyl/N-ethyl adjacent to an activating group) is 1. The Bertz CT molecular complexity index is 739. The van der Waals surface area contributed by atoms with Crippen LogP contribution in [-0.4, -0.2) is 44.0 Å². The Morgan fingerprint density at radius 3 is 2.50 bits per heavy atom. The standard InChI is InChI=1S/C19H22FN3O/c1-14-4-3-5-15(12-14)19(24)21-16-6-7-18(17(20)13-16)23-10-8-22(2)9-11-23/h3-7,12-13H,8-11H2,1-2H3,(H,21,24). The second-order valence-electron chi connectivity index (χ2n) is 6.28. The second-order valence-corrected chi connectivity index (χ2v) is 6.28. The Kier molecular flexibility index (Phi) is 4.81. The van der Waals surface area contributed by atoms with E-state index in [1.807, 2.05) is 30.0 Å². The maximum absolute atomic E-state index is 14.4. The number of halogens is 1. The number of amides is 1. The average molecular weight is 327 g/mol. The van der Waals surface area contributed by atoms with E-state index in [4.69, 9.17) is 0 Å². The Morgan fingerprint density at radius 1 is 1.08 bits per heavy atom. The van der Waals surface area contributed by atoms with E-state index in [1.54, 1.807) is 18.2 Å². The van der Waals surface area contributed by atoms with Crippen molar-refractivity contribution in [3.05, 3.63) is 59.4 Å². The molecule has 0 radical (unpaired) electrons. The van der Waals surface area contributed by atoms with Crippen molar-refractivity contribution in [3.63, 3.8) is 0 Å². The molecule has 1 aliphatic rings. The van der Waals surface area contributed by atoms with Crippen molar-refractivity contribution in [1.82, 2.24) is 4.90 Å². The largest absolute Gasteiger partial charge is 0.367 e. The maximum Gasteiger partial charge on any atom is 0.255 e. The molecule has 0 spiro atoms. The van der Waals surface area contributed by atoms with Crippen LogP contribution in [0.5, 0.6) is 0 Å². The van der Waals surface area contributed by atoms with Gasteiger partial charge in [-0.15, -0.1) is 0 Å². The van der Waals surface area contributed by atoms with E-state index in [2.05, 4.69) is 17.3 Å². The molecule has 1 saturated heterocycles. The first-order valence-electron chi connectivity index (χ1n) is 8.14. The van der Waals surface area contributed by atoms with Gasteiger partial charge in [-0.1, -0.05) is 17.7 Å². The van der Waals surface area contributed by atoms with Gasteiger partial charge in [0.25, 0.3) is 5.91 Å². The molecule has 3 rings (SSSR count). The van der Waals surface area contributed by atoms with E-state index >= 15 is 0 Å². The minimum absolute atomic E-state index is 0.231. The van der Waals surface area contributed by atoms with Gasteiger partial charge in [0, 0.05) is 37.4 Å². The predicted molar refractivity (Wildman–Crippen MR) is 95.2 cm³/mol. The third kappa shape index (κ3) is 3.74. The minimum atomic E-state index is -0.304. The SMILES string of the molecule is Cc1cccc(C(=O)Nc2ccc(N3CCN(C)CC3)c(F)c2)c1. The molecule has 1 aliphatic heterocycles. The van der Waals surface area contributed by atoms with E-state index in [9.17, 15) is 9.18 Å². The summed E-state index contributed by atoms with van der Waals surface area (Å²) in [7, 11) is 2.07. The number of hydrogen-bond donors (Lipinski definition) is 1. The van der Waals surface area contributed by atoms with Crippen LogP contribution in [0.4, 0.5) is 15.8 Å². The van der Waals surface area contributed by atoms with E-state index in [0.29, 0.717) is 16.9 Å². The molecule has 0 saturated carbocycles. The minimum Gasteiger partial charge on any atom is -0.367 e. The first-order valence-corrected chi connectivity index (χ1v) is 8.14. The van der Waals surface area contributed by atoms with Crippen LogP contribution in [0.2, 0.25) is 0 Å². The Morgan fingerprint density at radius 2 is 1.83 bits per heavy atom. The molecule has 24 heavy (non-hydrogen) atoms. The number of aryl methyl sites for hydroxylation is 1. The number of hydrogen-bond acceptors (Lipinski definition) is 3. The fourth-order valence-electron chi connectivity index (χ4n) is 2.88. The lowest BCUT2D eigenvalue weighted by Gasteiger charge is -2.34. The molecule has 4 nitrogen and oxygen atoms in total. The number of anilines is 2. The summed E-state index contributed by atoms with van der Waals surface area (Å²) in [6.07, 6.45) is 0. The molecular formula is C19H22FN3O. The van der Waals surface area contributed by atoms with Gasteiger partial charge in [0.1, 0.15) is 5.82 Å². The summed E-state index contributed by atoms with van der Waals surface area (Å²) in [5.74, 6) is -0.535. The zero-order chi connectivity index (χ0) is 17.1. The molecule has 0 unspecified atom stereocenters. The highest BCUT2D eigenvalue weighted by molar-refractivity contribution is 6.04. The maximum atomic E-state index is 14.4. The normalized spacial score (nSPS) is 15.4. The second kappa shape index (κ2) is 7.01. The van der Waals surface area contributed by atoms with Crippen molar-refractivity contribution in [2.24, 2.45) is 0 Å². The molecule has 0 bridgehead atoms. The molecular weight excluding hydrogens is 305 g/mol. The average Bonchev–Trinajstić information content (AvgIpc) is 2.56. The first kappa shape index (κ1) is 16.5. The molecule has 0 aliphatic carbocycles. The number of rotatable bonds is 3. The molecule has 126 valence electrons. The van der Waals surface area contributed by atoms with Crippen LogP contribution >= 0.6 is 0 Å². The Labute approximate surface area is 141 Å². The Balaban J connectivity index is 1.71. The van der Waals surface area contributed by atoms with Crippen molar-refractivity contribution in [1.29, 1.82) is 0 Å². The van der Waals surface area contributed by atoms with Crippen LogP contribution in [0.1, 0.15) is 15.9 Å². The molecule has 1 amide bonds. The number of nitrogens with one attached hydrogen (secondary N) is 1. The number of benzene rings is 2. The summed E-state index contributed by atoms with van der Waals surface area (Å²) in [5, 5.41) is 2.76. The van der Waals surface area contributed by atoms with Gasteiger partial charge >= 0.3 is 0 Å². The summed E-state index contributed by atoms with van der Waals surface area (Å²) >= 11 is 0. The van der Waals surface area contributed by atoms with Gasteiger partial charge in [0.05, 0.1) is 5.69 Å². The lowest BCUT2D eigenvalue weighted by atomic mass is 10.1. The summed E-state index contributed by atoms with van der Waals surface area (Å²) in [4.78, 5) is 16.5. The van der Waals surface area contributed by atoms with Crippen molar-refractivity contribution >= 4 is 17.3 Å². The van der Waals surface area contributed by atoms with Crippen LogP contribution in [0.15, 0.2) is 42.5 Å². The van der Waals surface area contributed by atoms with Crippen LogP contribution in [0.3, 0.4) is 0 Å². The number of piperazine rings is 1. The summed E-state index contributed by atoms with van der Waals surface area (Å²) < 4.78 is 14.4. The van der Waals surface area contributed by atoms with Gasteiger partial charge in [-0.05, 0) is 44.3 Å². The summed E-state index contributed by atoms with van der Waals surface area (Å²) in [5.41, 5.74) is 2.64. The van der Waals surface area contributed by atoms with Crippen molar-refractivity contribution in [2.45, 2.75) is 6.92 Å². The highest BCUT2D eigenvalue weighted by Gasteiger charge is 2.18. The summed E-state index contributed by atoms with van der Waals surface area (Å²) in [6.45, 7) is 5.39. The quantitative estimate of drug-likeness (QED) is 0.941. The molecule has 2 aromatic carbocycles. The van der Waals surface area contributed by atoms with Crippen LogP contribution in [0.25, 0.3) is 0 Å². The zero-order valence-corrected chi connectivity index (χ0v) is 14.1. The molecule has 1 N–H and O–H groups in total. The van der Waals surface area contributed by atoms with Gasteiger partial charge in [0.15, 0.2) is 0 Å². The smallest absolute Gasteiger partial charge is 0.255 e. The van der Waals surface area contributed by atoms with Gasteiger partial charge in [0.2, 0.25) is 0 Å². The van der Waals surface area contributed by atoms with Crippen molar-refractivity contribution < 1.29 is 9.18 Å². The first-order chi connectivity index (χ1) is 11.5. The fourth-order valence-corrected chi connectivity index (χ4v) is 2.88. The molecule has 0 aromatic heterocycles. The van der Waals surface area contributed by atoms with Gasteiger partial charge in [-0.25, -0.2) is 4.39 Å². The topological polar surface area (TPSA) is 35.6 Å². The van der Waals surface area contributed by atoms with E-state index < -0.39 is 0 Å². The fraction of sp³-hybridized carbons (Fsp3) is 0.316. The third-order valence-electron chi connectivity index (χ3n) is 4.33. The molecule has 5 heteroatoms.